The summed E-state index contributed by atoms with van der Waals surface area (Å²) in [5.74, 6) is 0.768. The summed E-state index contributed by atoms with van der Waals surface area (Å²) in [6.45, 7) is 4.28. The number of hydrogen-bond acceptors (Lipinski definition) is 5. The smallest absolute Gasteiger partial charge is 0.266 e. The number of H-pyrrole nitrogens is 1. The lowest BCUT2D eigenvalue weighted by Gasteiger charge is -2.17. The largest absolute Gasteiger partial charge is 0.496 e. The van der Waals surface area contributed by atoms with Gasteiger partial charge in [-0.05, 0) is 47.0 Å². The second-order valence-electron chi connectivity index (χ2n) is 7.78. The molecule has 2 aromatic heterocycles. The molecule has 0 saturated heterocycles. The molecule has 8 heteroatoms. The Morgan fingerprint density at radius 3 is 2.55 bits per heavy atom. The number of fused-ring (bicyclic) bond motifs is 3. The van der Waals surface area contributed by atoms with Crippen molar-refractivity contribution < 1.29 is 13.2 Å². The van der Waals surface area contributed by atoms with E-state index in [1.165, 1.54) is 11.3 Å². The van der Waals surface area contributed by atoms with Gasteiger partial charge in [0.1, 0.15) is 10.4 Å². The summed E-state index contributed by atoms with van der Waals surface area (Å²) in [4.78, 5) is 15.6. The summed E-state index contributed by atoms with van der Waals surface area (Å²) >= 11 is 1.43. The van der Waals surface area contributed by atoms with E-state index in [0.29, 0.717) is 11.2 Å². The number of aromatic nitrogens is 1. The van der Waals surface area contributed by atoms with Gasteiger partial charge in [0, 0.05) is 22.9 Å². The Balaban J connectivity index is 1.87. The number of nitrogens with one attached hydrogen (secondary N) is 2. The molecule has 0 radical (unpaired) electrons. The van der Waals surface area contributed by atoms with E-state index < -0.39 is 10.0 Å². The van der Waals surface area contributed by atoms with Gasteiger partial charge in [0.05, 0.1) is 18.9 Å². The topological polar surface area (TPSA) is 88.3 Å². The van der Waals surface area contributed by atoms with Crippen LogP contribution in [0.25, 0.3) is 32.1 Å². The Hall–Kier alpha value is -2.68. The fourth-order valence-electron chi connectivity index (χ4n) is 3.89. The Kier molecular flexibility index (Phi) is 5.63. The van der Waals surface area contributed by atoms with Gasteiger partial charge in [0.2, 0.25) is 10.0 Å². The zero-order valence-corrected chi connectivity index (χ0v) is 19.4. The first-order valence-corrected chi connectivity index (χ1v) is 12.6. The SMILES string of the molecule is COc1cc(C)c2[nH]c(=O)c3sccc3c2c1-c1ccc(C(C)CNS(C)(=O)=O)cc1. The molecule has 2 aromatic carbocycles. The summed E-state index contributed by atoms with van der Waals surface area (Å²) in [6, 6.07) is 12.0. The second kappa shape index (κ2) is 8.11. The predicted octanol–water partition coefficient (Wildman–Crippen LogP) is 4.38. The molecule has 4 aromatic rings. The molecule has 0 amide bonds. The van der Waals surface area contributed by atoms with Crippen LogP contribution in [0, 0.1) is 6.92 Å². The molecule has 31 heavy (non-hydrogen) atoms. The lowest BCUT2D eigenvalue weighted by Crippen LogP contribution is -2.26. The summed E-state index contributed by atoms with van der Waals surface area (Å²) in [5.41, 5.74) is 4.59. The molecule has 0 bridgehead atoms. The fraction of sp³-hybridized carbons (Fsp3) is 0.261. The number of aryl methyl sites for hydroxylation is 1. The van der Waals surface area contributed by atoms with Crippen LogP contribution in [-0.2, 0) is 10.0 Å². The first-order chi connectivity index (χ1) is 14.7. The number of methoxy groups -OCH3 is 1. The van der Waals surface area contributed by atoms with Crippen molar-refractivity contribution in [2.45, 2.75) is 19.8 Å². The monoisotopic (exact) mass is 456 g/mol. The number of ether oxygens (including phenoxy) is 1. The van der Waals surface area contributed by atoms with Gasteiger partial charge in [0.15, 0.2) is 0 Å². The Labute approximate surface area is 184 Å². The molecule has 6 nitrogen and oxygen atoms in total. The summed E-state index contributed by atoms with van der Waals surface area (Å²) in [6.07, 6.45) is 1.16. The van der Waals surface area contributed by atoms with Crippen molar-refractivity contribution >= 4 is 42.3 Å². The number of pyridine rings is 1. The van der Waals surface area contributed by atoms with Crippen LogP contribution < -0.4 is 15.0 Å². The molecule has 1 atom stereocenters. The molecule has 2 heterocycles. The fourth-order valence-corrected chi connectivity index (χ4v) is 5.24. The van der Waals surface area contributed by atoms with Gasteiger partial charge in [-0.3, -0.25) is 4.79 Å². The minimum atomic E-state index is -3.23. The van der Waals surface area contributed by atoms with Crippen molar-refractivity contribution in [3.05, 3.63) is 63.3 Å². The maximum absolute atomic E-state index is 12.5. The third-order valence-electron chi connectivity index (χ3n) is 5.51. The average molecular weight is 457 g/mol. The number of benzene rings is 2. The lowest BCUT2D eigenvalue weighted by molar-refractivity contribution is 0.416. The third-order valence-corrected chi connectivity index (χ3v) is 7.11. The zero-order valence-electron chi connectivity index (χ0n) is 17.8. The van der Waals surface area contributed by atoms with Gasteiger partial charge in [0.25, 0.3) is 5.56 Å². The van der Waals surface area contributed by atoms with Crippen LogP contribution in [0.15, 0.2) is 46.6 Å². The highest BCUT2D eigenvalue weighted by Gasteiger charge is 2.18. The number of sulfonamides is 1. The summed E-state index contributed by atoms with van der Waals surface area (Å²) in [5, 5.41) is 3.81. The van der Waals surface area contributed by atoms with Crippen LogP contribution in [0.5, 0.6) is 5.75 Å². The van der Waals surface area contributed by atoms with Gasteiger partial charge in [-0.25, -0.2) is 13.1 Å². The maximum Gasteiger partial charge on any atom is 0.266 e. The highest BCUT2D eigenvalue weighted by molar-refractivity contribution is 7.88. The van der Waals surface area contributed by atoms with Crippen molar-refractivity contribution in [1.29, 1.82) is 0 Å². The van der Waals surface area contributed by atoms with Crippen LogP contribution in [0.3, 0.4) is 0 Å². The van der Waals surface area contributed by atoms with Crippen LogP contribution >= 0.6 is 11.3 Å². The van der Waals surface area contributed by atoms with E-state index in [9.17, 15) is 13.2 Å². The lowest BCUT2D eigenvalue weighted by atomic mass is 9.93. The van der Waals surface area contributed by atoms with E-state index in [1.807, 2.05) is 55.6 Å². The van der Waals surface area contributed by atoms with Crippen molar-refractivity contribution in [1.82, 2.24) is 9.71 Å². The Bertz CT molecular complexity index is 1430. The van der Waals surface area contributed by atoms with Crippen LogP contribution in [0.2, 0.25) is 0 Å². The minimum Gasteiger partial charge on any atom is -0.496 e. The van der Waals surface area contributed by atoms with E-state index in [4.69, 9.17) is 4.74 Å². The molecular weight excluding hydrogens is 432 g/mol. The molecule has 0 aliphatic rings. The highest BCUT2D eigenvalue weighted by Crippen LogP contribution is 2.41. The van der Waals surface area contributed by atoms with E-state index in [0.717, 1.165) is 50.5 Å². The molecule has 0 fully saturated rings. The van der Waals surface area contributed by atoms with Gasteiger partial charge in [-0.15, -0.1) is 11.3 Å². The van der Waals surface area contributed by atoms with E-state index in [1.54, 1.807) is 7.11 Å². The van der Waals surface area contributed by atoms with Crippen LogP contribution in [-0.4, -0.2) is 33.3 Å². The Morgan fingerprint density at radius 2 is 1.90 bits per heavy atom. The van der Waals surface area contributed by atoms with Crippen molar-refractivity contribution in [2.24, 2.45) is 0 Å². The molecule has 0 aliphatic carbocycles. The highest BCUT2D eigenvalue weighted by atomic mass is 32.2. The van der Waals surface area contributed by atoms with Gasteiger partial charge >= 0.3 is 0 Å². The number of rotatable bonds is 6. The quantitative estimate of drug-likeness (QED) is 0.451. The third kappa shape index (κ3) is 4.11. The van der Waals surface area contributed by atoms with E-state index in [2.05, 4.69) is 9.71 Å². The zero-order chi connectivity index (χ0) is 22.3. The molecule has 2 N–H and O–H groups in total. The average Bonchev–Trinajstić information content (AvgIpc) is 3.23. The minimum absolute atomic E-state index is 0.0281. The molecule has 4 rings (SSSR count). The number of thiophene rings is 1. The normalized spacial score (nSPS) is 13.0. The van der Waals surface area contributed by atoms with Gasteiger partial charge in [-0.1, -0.05) is 31.2 Å². The Morgan fingerprint density at radius 1 is 1.19 bits per heavy atom. The molecule has 0 spiro atoms. The number of hydrogen-bond donors (Lipinski definition) is 2. The van der Waals surface area contributed by atoms with Gasteiger partial charge in [-0.2, -0.15) is 0 Å². The van der Waals surface area contributed by atoms with E-state index >= 15 is 0 Å². The van der Waals surface area contributed by atoms with Crippen LogP contribution in [0.4, 0.5) is 0 Å². The standard InChI is InChI=1S/C23H24N2O4S2/c1-13-11-18(29-3)19(20-17-9-10-30-22(17)23(26)25-21(13)20)16-7-5-15(6-8-16)14(2)12-24-31(4,27)28/h5-11,14,24H,12H2,1-4H3,(H,25,26). The molecule has 0 saturated carbocycles. The molecule has 162 valence electrons. The predicted molar refractivity (Wildman–Crippen MR) is 128 cm³/mol. The first kappa shape index (κ1) is 21.5. The number of aromatic amines is 1. The van der Waals surface area contributed by atoms with Crippen LogP contribution in [0.1, 0.15) is 24.0 Å². The van der Waals surface area contributed by atoms with Crippen molar-refractivity contribution in [3.8, 4) is 16.9 Å². The molecular formula is C23H24N2O4S2. The van der Waals surface area contributed by atoms with E-state index in [-0.39, 0.29) is 11.5 Å². The van der Waals surface area contributed by atoms with Gasteiger partial charge < -0.3 is 9.72 Å². The van der Waals surface area contributed by atoms with Crippen molar-refractivity contribution in [2.75, 3.05) is 19.9 Å². The molecule has 0 aliphatic heterocycles. The second-order valence-corrected chi connectivity index (χ2v) is 10.5. The van der Waals surface area contributed by atoms with Crippen molar-refractivity contribution in [3.63, 3.8) is 0 Å². The summed E-state index contributed by atoms with van der Waals surface area (Å²) in [7, 11) is -1.58. The first-order valence-electron chi connectivity index (χ1n) is 9.85. The molecule has 1 unspecified atom stereocenters. The maximum atomic E-state index is 12.5. The summed E-state index contributed by atoms with van der Waals surface area (Å²) < 4.78 is 31.8.